The highest BCUT2D eigenvalue weighted by molar-refractivity contribution is 5.80. The number of hydrogen-bond donors (Lipinski definition) is 1. The monoisotopic (exact) mass is 353 g/mol. The quantitative estimate of drug-likeness (QED) is 0.916. The van der Waals surface area contributed by atoms with Crippen molar-refractivity contribution in [2.45, 2.75) is 43.6 Å². The zero-order valence-corrected chi connectivity index (χ0v) is 14.7. The molecule has 0 radical (unpaired) electrons. The van der Waals surface area contributed by atoms with Crippen LogP contribution in [0.4, 0.5) is 0 Å². The molecule has 1 aliphatic heterocycles. The van der Waals surface area contributed by atoms with Gasteiger partial charge in [-0.15, -0.1) is 0 Å². The molecule has 2 aromatic rings. The maximum atomic E-state index is 12.8. The topological polar surface area (TPSA) is 75.4 Å². The summed E-state index contributed by atoms with van der Waals surface area (Å²) < 4.78 is 1.67. The molecule has 2 aliphatic rings. The van der Waals surface area contributed by atoms with Crippen LogP contribution in [0, 0.1) is 0 Å². The number of piperidine rings is 1. The van der Waals surface area contributed by atoms with Gasteiger partial charge in [0.15, 0.2) is 0 Å². The minimum absolute atomic E-state index is 0.135. The smallest absolute Gasteiger partial charge is 0.330 e. The summed E-state index contributed by atoms with van der Waals surface area (Å²) in [5, 5.41) is 9.77. The molecule has 1 aromatic heterocycles. The zero-order valence-electron chi connectivity index (χ0n) is 14.7. The summed E-state index contributed by atoms with van der Waals surface area (Å²) >= 11 is 0. The largest absolute Gasteiger partial charge is 0.479 e. The molecule has 1 atom stereocenters. The van der Waals surface area contributed by atoms with Crippen LogP contribution >= 0.6 is 0 Å². The molecule has 2 heterocycles. The van der Waals surface area contributed by atoms with Crippen LogP contribution in [-0.2, 0) is 21.5 Å². The Balaban J connectivity index is 1.42. The van der Waals surface area contributed by atoms with Gasteiger partial charge in [-0.05, 0) is 42.7 Å². The molecule has 6 heteroatoms. The molecule has 1 amide bonds. The average Bonchev–Trinajstić information content (AvgIpc) is 3.32. The van der Waals surface area contributed by atoms with Crippen molar-refractivity contribution in [3.8, 4) is 0 Å². The molecule has 0 bridgehead atoms. The molecule has 1 N–H and O–H groups in total. The number of benzene rings is 1. The molecule has 0 saturated carbocycles. The van der Waals surface area contributed by atoms with E-state index in [0.717, 1.165) is 12.8 Å². The van der Waals surface area contributed by atoms with Gasteiger partial charge in [0.25, 0.3) is 0 Å². The van der Waals surface area contributed by atoms with Crippen LogP contribution in [0.5, 0.6) is 0 Å². The zero-order chi connectivity index (χ0) is 18.1. The van der Waals surface area contributed by atoms with Crippen molar-refractivity contribution in [2.75, 3.05) is 13.1 Å². The van der Waals surface area contributed by atoms with Gasteiger partial charge in [-0.25, -0.2) is 9.78 Å². The van der Waals surface area contributed by atoms with Crippen molar-refractivity contribution in [1.82, 2.24) is 14.5 Å². The minimum Gasteiger partial charge on any atom is -0.479 e. The molecular weight excluding hydrogens is 330 g/mol. The van der Waals surface area contributed by atoms with Gasteiger partial charge in [0.1, 0.15) is 5.54 Å². The van der Waals surface area contributed by atoms with E-state index in [9.17, 15) is 14.7 Å². The Morgan fingerprint density at radius 2 is 2.00 bits per heavy atom. The first-order valence-electron chi connectivity index (χ1n) is 9.17. The van der Waals surface area contributed by atoms with Crippen LogP contribution in [0.2, 0.25) is 0 Å². The second-order valence-corrected chi connectivity index (χ2v) is 7.33. The van der Waals surface area contributed by atoms with Crippen LogP contribution in [0.3, 0.4) is 0 Å². The molecule has 136 valence electrons. The second kappa shape index (κ2) is 6.59. The predicted octanol–water partition coefficient (Wildman–Crippen LogP) is 2.41. The molecule has 1 aromatic carbocycles. The summed E-state index contributed by atoms with van der Waals surface area (Å²) in [5.74, 6) is -0.429. The number of aromatic nitrogens is 2. The number of imidazole rings is 1. The number of carbonyl (C=O) groups is 2. The Morgan fingerprint density at radius 1 is 1.23 bits per heavy atom. The highest BCUT2D eigenvalue weighted by Crippen LogP contribution is 2.37. The van der Waals surface area contributed by atoms with Gasteiger partial charge in [0.05, 0.1) is 6.33 Å². The molecule has 6 nitrogen and oxygen atoms in total. The van der Waals surface area contributed by atoms with E-state index in [1.165, 1.54) is 11.1 Å². The molecule has 1 saturated heterocycles. The van der Waals surface area contributed by atoms with E-state index in [1.807, 2.05) is 11.0 Å². The van der Waals surface area contributed by atoms with E-state index in [2.05, 4.69) is 23.2 Å². The first-order chi connectivity index (χ1) is 12.6. The van der Waals surface area contributed by atoms with Crippen molar-refractivity contribution in [1.29, 1.82) is 0 Å². The van der Waals surface area contributed by atoms with E-state index in [1.54, 1.807) is 23.3 Å². The van der Waals surface area contributed by atoms with Gasteiger partial charge in [0.2, 0.25) is 5.91 Å². The van der Waals surface area contributed by atoms with Gasteiger partial charge in [0, 0.05) is 31.9 Å². The normalized spacial score (nSPS) is 21.4. The number of nitrogens with zero attached hydrogens (tertiary/aromatic N) is 3. The lowest BCUT2D eigenvalue weighted by Crippen LogP contribution is -2.52. The fourth-order valence-corrected chi connectivity index (χ4v) is 4.42. The second-order valence-electron chi connectivity index (χ2n) is 7.33. The lowest BCUT2D eigenvalue weighted by Gasteiger charge is -2.39. The SMILES string of the molecule is O=C(C[C@H]1CCc2ccccc21)N1CCC(C(=O)O)(n2ccnc2)CC1. The van der Waals surface area contributed by atoms with E-state index in [-0.39, 0.29) is 5.91 Å². The van der Waals surface area contributed by atoms with E-state index in [0.29, 0.717) is 38.3 Å². The molecular formula is C20H23N3O3. The number of aryl methyl sites for hydroxylation is 1. The number of rotatable bonds is 4. The van der Waals surface area contributed by atoms with Gasteiger partial charge in [-0.2, -0.15) is 0 Å². The number of amides is 1. The van der Waals surface area contributed by atoms with Gasteiger partial charge < -0.3 is 14.6 Å². The Morgan fingerprint density at radius 3 is 2.69 bits per heavy atom. The molecule has 0 spiro atoms. The first kappa shape index (κ1) is 16.8. The molecule has 4 rings (SSSR count). The standard InChI is InChI=1S/C20H23N3O3/c24-18(13-16-6-5-15-3-1-2-4-17(15)16)22-10-7-20(8-11-22,19(25)26)23-12-9-21-14-23/h1-4,9,12,14,16H,5-8,10-11,13H2,(H,25,26)/t16-/m1/s1. The summed E-state index contributed by atoms with van der Waals surface area (Å²) in [6, 6.07) is 8.36. The number of carbonyl (C=O) groups excluding carboxylic acids is 1. The number of fused-ring (bicyclic) bond motifs is 1. The van der Waals surface area contributed by atoms with Crippen LogP contribution in [0.1, 0.15) is 42.7 Å². The lowest BCUT2D eigenvalue weighted by molar-refractivity contribution is -0.152. The molecule has 1 fully saturated rings. The maximum Gasteiger partial charge on any atom is 0.330 e. The van der Waals surface area contributed by atoms with Gasteiger partial charge in [-0.1, -0.05) is 24.3 Å². The summed E-state index contributed by atoms with van der Waals surface area (Å²) in [6.07, 6.45) is 8.24. The Labute approximate surface area is 152 Å². The van der Waals surface area contributed by atoms with Crippen molar-refractivity contribution in [2.24, 2.45) is 0 Å². The van der Waals surface area contributed by atoms with E-state index < -0.39 is 11.5 Å². The fraction of sp³-hybridized carbons (Fsp3) is 0.450. The third-order valence-corrected chi connectivity index (χ3v) is 6.02. The Hall–Kier alpha value is -2.63. The van der Waals surface area contributed by atoms with E-state index >= 15 is 0 Å². The number of aliphatic carboxylic acids is 1. The lowest BCUT2D eigenvalue weighted by atomic mass is 9.86. The third-order valence-electron chi connectivity index (χ3n) is 6.02. The van der Waals surface area contributed by atoms with E-state index in [4.69, 9.17) is 0 Å². The number of likely N-dealkylation sites (tertiary alicyclic amines) is 1. The van der Waals surface area contributed by atoms with Crippen LogP contribution in [0.15, 0.2) is 43.0 Å². The minimum atomic E-state index is -0.993. The molecule has 26 heavy (non-hydrogen) atoms. The van der Waals surface area contributed by atoms with Crippen molar-refractivity contribution in [3.05, 3.63) is 54.1 Å². The summed E-state index contributed by atoms with van der Waals surface area (Å²) in [7, 11) is 0. The molecule has 0 unspecified atom stereocenters. The van der Waals surface area contributed by atoms with Crippen molar-refractivity contribution in [3.63, 3.8) is 0 Å². The van der Waals surface area contributed by atoms with Crippen molar-refractivity contribution >= 4 is 11.9 Å². The maximum absolute atomic E-state index is 12.8. The average molecular weight is 353 g/mol. The van der Waals surface area contributed by atoms with Crippen LogP contribution in [0.25, 0.3) is 0 Å². The number of carboxylic acids is 1. The van der Waals surface area contributed by atoms with Gasteiger partial charge in [-0.3, -0.25) is 4.79 Å². The summed E-state index contributed by atoms with van der Waals surface area (Å²) in [5.41, 5.74) is 1.66. The van der Waals surface area contributed by atoms with Gasteiger partial charge >= 0.3 is 5.97 Å². The highest BCUT2D eigenvalue weighted by Gasteiger charge is 2.44. The fourth-order valence-electron chi connectivity index (χ4n) is 4.42. The summed E-state index contributed by atoms with van der Waals surface area (Å²) in [6.45, 7) is 0.940. The predicted molar refractivity (Wildman–Crippen MR) is 95.8 cm³/mol. The van der Waals surface area contributed by atoms with Crippen molar-refractivity contribution < 1.29 is 14.7 Å². The Bertz CT molecular complexity index is 807. The Kier molecular flexibility index (Phi) is 4.26. The van der Waals surface area contributed by atoms with Crippen LogP contribution in [-0.4, -0.2) is 44.5 Å². The molecule has 1 aliphatic carbocycles. The number of carboxylic acid groups (broad SMARTS) is 1. The summed E-state index contributed by atoms with van der Waals surface area (Å²) in [4.78, 5) is 30.5. The van der Waals surface area contributed by atoms with Crippen LogP contribution < -0.4 is 0 Å². The highest BCUT2D eigenvalue weighted by atomic mass is 16.4. The third kappa shape index (κ3) is 2.79. The number of hydrogen-bond acceptors (Lipinski definition) is 3. The first-order valence-corrected chi connectivity index (χ1v) is 9.17.